The summed E-state index contributed by atoms with van der Waals surface area (Å²) in [4.78, 5) is 23.4. The van der Waals surface area contributed by atoms with Gasteiger partial charge in [-0.1, -0.05) is 30.3 Å². The van der Waals surface area contributed by atoms with E-state index in [1.54, 1.807) is 31.2 Å². The standard InChI is InChI=1S/C22H23FN4O/c1-4-27(18-10-7-8-15(2)12-18)21-13-20(25-16(3)26-21)22(28)24-14-17-9-5-6-11-19(17)23/h5-13H,4,14H2,1-3H3,(H,24,28). The molecule has 1 amide bonds. The second kappa shape index (κ2) is 8.61. The highest BCUT2D eigenvalue weighted by Gasteiger charge is 2.15. The van der Waals surface area contributed by atoms with Gasteiger partial charge in [-0.15, -0.1) is 0 Å². The Morgan fingerprint density at radius 1 is 1.07 bits per heavy atom. The van der Waals surface area contributed by atoms with Crippen molar-refractivity contribution in [3.8, 4) is 0 Å². The lowest BCUT2D eigenvalue weighted by molar-refractivity contribution is 0.0945. The molecule has 28 heavy (non-hydrogen) atoms. The van der Waals surface area contributed by atoms with Crippen molar-refractivity contribution in [2.45, 2.75) is 27.3 Å². The highest BCUT2D eigenvalue weighted by Crippen LogP contribution is 2.24. The van der Waals surface area contributed by atoms with Gasteiger partial charge in [-0.05, 0) is 44.5 Å². The Morgan fingerprint density at radius 3 is 2.57 bits per heavy atom. The molecule has 1 heterocycles. The molecule has 0 saturated carbocycles. The van der Waals surface area contributed by atoms with Crippen molar-refractivity contribution in [2.75, 3.05) is 11.4 Å². The number of amides is 1. The van der Waals surface area contributed by atoms with E-state index in [1.165, 1.54) is 6.07 Å². The summed E-state index contributed by atoms with van der Waals surface area (Å²) in [7, 11) is 0. The van der Waals surface area contributed by atoms with Crippen molar-refractivity contribution in [2.24, 2.45) is 0 Å². The second-order valence-corrected chi connectivity index (χ2v) is 6.52. The number of carbonyl (C=O) groups excluding carboxylic acids is 1. The van der Waals surface area contributed by atoms with Crippen LogP contribution >= 0.6 is 0 Å². The number of halogens is 1. The molecule has 0 aliphatic heterocycles. The lowest BCUT2D eigenvalue weighted by atomic mass is 10.2. The number of rotatable bonds is 6. The summed E-state index contributed by atoms with van der Waals surface area (Å²) in [6.07, 6.45) is 0. The van der Waals surface area contributed by atoms with Crippen molar-refractivity contribution in [3.63, 3.8) is 0 Å². The number of carbonyl (C=O) groups is 1. The number of nitrogens with one attached hydrogen (secondary N) is 1. The first-order valence-corrected chi connectivity index (χ1v) is 9.19. The number of nitrogens with zero attached hydrogens (tertiary/aromatic N) is 3. The van der Waals surface area contributed by atoms with Crippen LogP contribution < -0.4 is 10.2 Å². The summed E-state index contributed by atoms with van der Waals surface area (Å²) < 4.78 is 13.8. The fraction of sp³-hybridized carbons (Fsp3) is 0.227. The minimum atomic E-state index is -0.365. The van der Waals surface area contributed by atoms with Crippen LogP contribution in [0.15, 0.2) is 54.6 Å². The molecule has 1 N–H and O–H groups in total. The molecule has 0 radical (unpaired) electrons. The molecule has 0 unspecified atom stereocenters. The van der Waals surface area contributed by atoms with Crippen LogP contribution in [0.3, 0.4) is 0 Å². The first-order valence-electron chi connectivity index (χ1n) is 9.19. The van der Waals surface area contributed by atoms with E-state index >= 15 is 0 Å². The summed E-state index contributed by atoms with van der Waals surface area (Å²) in [5, 5.41) is 2.73. The molecule has 0 fully saturated rings. The topological polar surface area (TPSA) is 58.1 Å². The molecule has 0 spiro atoms. The normalized spacial score (nSPS) is 10.6. The van der Waals surface area contributed by atoms with Crippen LogP contribution in [-0.2, 0) is 6.54 Å². The van der Waals surface area contributed by atoms with Crippen molar-refractivity contribution >= 4 is 17.4 Å². The Hall–Kier alpha value is -3.28. The van der Waals surface area contributed by atoms with Gasteiger partial charge in [-0.3, -0.25) is 4.79 Å². The Morgan fingerprint density at radius 2 is 1.86 bits per heavy atom. The molecule has 0 atom stereocenters. The fourth-order valence-electron chi connectivity index (χ4n) is 2.99. The molecule has 0 bridgehead atoms. The zero-order valence-electron chi connectivity index (χ0n) is 16.2. The predicted molar refractivity (Wildman–Crippen MR) is 108 cm³/mol. The molecule has 2 aromatic carbocycles. The molecule has 144 valence electrons. The van der Waals surface area contributed by atoms with Crippen molar-refractivity contribution in [1.82, 2.24) is 15.3 Å². The van der Waals surface area contributed by atoms with Crippen molar-refractivity contribution < 1.29 is 9.18 Å². The first kappa shape index (κ1) is 19.5. The van der Waals surface area contributed by atoms with Crippen LogP contribution in [0.2, 0.25) is 0 Å². The van der Waals surface area contributed by atoms with E-state index in [0.717, 1.165) is 11.3 Å². The predicted octanol–water partition coefficient (Wildman–Crippen LogP) is 4.32. The Labute approximate surface area is 164 Å². The smallest absolute Gasteiger partial charge is 0.270 e. The van der Waals surface area contributed by atoms with E-state index in [1.807, 2.05) is 36.9 Å². The number of benzene rings is 2. The van der Waals surface area contributed by atoms with Gasteiger partial charge in [0.05, 0.1) is 0 Å². The van der Waals surface area contributed by atoms with Gasteiger partial charge in [0.2, 0.25) is 0 Å². The largest absolute Gasteiger partial charge is 0.347 e. The maximum Gasteiger partial charge on any atom is 0.270 e. The minimum absolute atomic E-state index is 0.0965. The molecular formula is C22H23FN4O. The first-order chi connectivity index (χ1) is 13.5. The zero-order valence-corrected chi connectivity index (χ0v) is 16.2. The van der Waals surface area contributed by atoms with E-state index in [9.17, 15) is 9.18 Å². The summed E-state index contributed by atoms with van der Waals surface area (Å²) in [6, 6.07) is 16.1. The molecule has 3 rings (SSSR count). The quantitative estimate of drug-likeness (QED) is 0.694. The fourth-order valence-corrected chi connectivity index (χ4v) is 2.99. The van der Waals surface area contributed by atoms with E-state index in [2.05, 4.69) is 21.4 Å². The van der Waals surface area contributed by atoms with Gasteiger partial charge < -0.3 is 10.2 Å². The van der Waals surface area contributed by atoms with Gasteiger partial charge in [-0.2, -0.15) is 0 Å². The summed E-state index contributed by atoms with van der Waals surface area (Å²) in [5.74, 6) is 0.436. The van der Waals surface area contributed by atoms with Crippen LogP contribution in [0.1, 0.15) is 34.4 Å². The Kier molecular flexibility index (Phi) is 5.99. The maximum atomic E-state index is 13.8. The number of aryl methyl sites for hydroxylation is 2. The third kappa shape index (κ3) is 4.52. The maximum absolute atomic E-state index is 13.8. The molecular weight excluding hydrogens is 355 g/mol. The number of hydrogen-bond acceptors (Lipinski definition) is 4. The van der Waals surface area contributed by atoms with Crippen molar-refractivity contribution in [3.05, 3.63) is 83.1 Å². The molecule has 1 aromatic heterocycles. The van der Waals surface area contributed by atoms with E-state index in [0.29, 0.717) is 23.8 Å². The van der Waals surface area contributed by atoms with Gasteiger partial charge in [0.1, 0.15) is 23.2 Å². The molecule has 0 saturated heterocycles. The number of hydrogen-bond donors (Lipinski definition) is 1. The van der Waals surface area contributed by atoms with Gasteiger partial charge in [0.25, 0.3) is 5.91 Å². The second-order valence-electron chi connectivity index (χ2n) is 6.52. The number of anilines is 2. The summed E-state index contributed by atoms with van der Waals surface area (Å²) in [6.45, 7) is 6.60. The van der Waals surface area contributed by atoms with Gasteiger partial charge in [0, 0.05) is 30.4 Å². The highest BCUT2D eigenvalue weighted by atomic mass is 19.1. The van der Waals surface area contributed by atoms with Crippen LogP contribution in [0.25, 0.3) is 0 Å². The van der Waals surface area contributed by atoms with E-state index < -0.39 is 0 Å². The van der Waals surface area contributed by atoms with Gasteiger partial charge >= 0.3 is 0 Å². The number of aromatic nitrogens is 2. The summed E-state index contributed by atoms with van der Waals surface area (Å²) in [5.41, 5.74) is 2.82. The Bertz CT molecular complexity index is 990. The lowest BCUT2D eigenvalue weighted by Gasteiger charge is -2.23. The summed E-state index contributed by atoms with van der Waals surface area (Å²) >= 11 is 0. The van der Waals surface area contributed by atoms with Crippen molar-refractivity contribution in [1.29, 1.82) is 0 Å². The van der Waals surface area contributed by atoms with Crippen LogP contribution in [0, 0.1) is 19.7 Å². The average molecular weight is 378 g/mol. The molecule has 0 aliphatic rings. The SMILES string of the molecule is CCN(c1cccc(C)c1)c1cc(C(=O)NCc2ccccc2F)nc(C)n1. The lowest BCUT2D eigenvalue weighted by Crippen LogP contribution is -2.26. The molecule has 5 nitrogen and oxygen atoms in total. The third-order valence-corrected chi connectivity index (χ3v) is 4.36. The monoisotopic (exact) mass is 378 g/mol. The van der Waals surface area contributed by atoms with Crippen LogP contribution in [0.4, 0.5) is 15.9 Å². The van der Waals surface area contributed by atoms with Gasteiger partial charge in [-0.25, -0.2) is 14.4 Å². The minimum Gasteiger partial charge on any atom is -0.347 e. The highest BCUT2D eigenvalue weighted by molar-refractivity contribution is 5.93. The molecule has 0 aliphatic carbocycles. The van der Waals surface area contributed by atoms with Crippen LogP contribution in [0.5, 0.6) is 0 Å². The third-order valence-electron chi connectivity index (χ3n) is 4.36. The van der Waals surface area contributed by atoms with E-state index in [4.69, 9.17) is 0 Å². The molecule has 3 aromatic rings. The van der Waals surface area contributed by atoms with Gasteiger partial charge in [0.15, 0.2) is 0 Å². The van der Waals surface area contributed by atoms with Crippen LogP contribution in [-0.4, -0.2) is 22.4 Å². The Balaban J connectivity index is 1.84. The van der Waals surface area contributed by atoms with E-state index in [-0.39, 0.29) is 24.0 Å². The zero-order chi connectivity index (χ0) is 20.1. The molecule has 6 heteroatoms. The average Bonchev–Trinajstić information content (AvgIpc) is 2.67.